The highest BCUT2D eigenvalue weighted by Gasteiger charge is 2.24. The van der Waals surface area contributed by atoms with E-state index in [1.165, 1.54) is 29.9 Å². The van der Waals surface area contributed by atoms with E-state index in [4.69, 9.17) is 12.2 Å². The zero-order chi connectivity index (χ0) is 19.6. The fraction of sp³-hybridized carbons (Fsp3) is 0.391. The highest BCUT2D eigenvalue weighted by molar-refractivity contribution is 7.71. The normalized spacial score (nSPS) is 17.3. The third-order valence-corrected chi connectivity index (χ3v) is 6.53. The van der Waals surface area contributed by atoms with E-state index in [1.807, 2.05) is 12.3 Å². The average molecular weight is 406 g/mol. The van der Waals surface area contributed by atoms with Gasteiger partial charge in [-0.1, -0.05) is 24.3 Å². The summed E-state index contributed by atoms with van der Waals surface area (Å²) < 4.78 is 5.65. The van der Waals surface area contributed by atoms with Crippen molar-refractivity contribution in [1.82, 2.24) is 19.0 Å². The zero-order valence-electron chi connectivity index (χ0n) is 16.7. The number of hydrogen-bond donors (Lipinski definition) is 0. The lowest BCUT2D eigenvalue weighted by atomic mass is 10.0. The first-order chi connectivity index (χ1) is 14.3. The molecule has 1 aromatic carbocycles. The Morgan fingerprint density at radius 2 is 1.55 bits per heavy atom. The molecule has 3 aromatic rings. The highest BCUT2D eigenvalue weighted by atomic mass is 32.1. The molecule has 3 heterocycles. The standard InChI is InChI=1S/C23H27N5S/c29-23-27(18-25-14-16-26(17-15-25)22-12-6-7-13-24-22)20-10-4-5-11-21(20)28(23)19-8-2-1-3-9-19/h1-3,6-9,12-13H,4-5,10-11,14-18H2. The van der Waals surface area contributed by atoms with Crippen LogP contribution in [0.1, 0.15) is 24.2 Å². The number of para-hydroxylation sites is 1. The zero-order valence-corrected chi connectivity index (χ0v) is 17.5. The molecule has 0 saturated carbocycles. The van der Waals surface area contributed by atoms with E-state index in [9.17, 15) is 0 Å². The van der Waals surface area contributed by atoms with Crippen molar-refractivity contribution >= 4 is 18.0 Å². The Kier molecular flexibility index (Phi) is 5.21. The summed E-state index contributed by atoms with van der Waals surface area (Å²) >= 11 is 5.99. The van der Waals surface area contributed by atoms with Crippen molar-refractivity contribution < 1.29 is 0 Å². The Labute approximate surface area is 177 Å². The number of imidazole rings is 1. The van der Waals surface area contributed by atoms with Crippen molar-refractivity contribution in [2.24, 2.45) is 0 Å². The predicted molar refractivity (Wildman–Crippen MR) is 119 cm³/mol. The number of pyridine rings is 1. The van der Waals surface area contributed by atoms with E-state index in [0.29, 0.717) is 0 Å². The van der Waals surface area contributed by atoms with Crippen LogP contribution in [0.4, 0.5) is 5.82 Å². The van der Waals surface area contributed by atoms with Crippen molar-refractivity contribution in [1.29, 1.82) is 0 Å². The fourth-order valence-electron chi connectivity index (χ4n) is 4.61. The van der Waals surface area contributed by atoms with Gasteiger partial charge >= 0.3 is 0 Å². The second-order valence-corrected chi connectivity index (χ2v) is 8.28. The van der Waals surface area contributed by atoms with Crippen LogP contribution in [0.3, 0.4) is 0 Å². The first kappa shape index (κ1) is 18.6. The van der Waals surface area contributed by atoms with Gasteiger partial charge in [0, 0.05) is 49.5 Å². The Balaban J connectivity index is 1.38. The van der Waals surface area contributed by atoms with Gasteiger partial charge in [0.1, 0.15) is 5.82 Å². The smallest absolute Gasteiger partial charge is 0.186 e. The number of anilines is 1. The highest BCUT2D eigenvalue weighted by Crippen LogP contribution is 2.27. The van der Waals surface area contributed by atoms with Gasteiger partial charge in [0.05, 0.1) is 6.67 Å². The molecule has 1 aliphatic carbocycles. The van der Waals surface area contributed by atoms with Gasteiger partial charge in [-0.25, -0.2) is 4.98 Å². The average Bonchev–Trinajstić information content (AvgIpc) is 3.07. The number of rotatable bonds is 4. The number of benzene rings is 1. The summed E-state index contributed by atoms with van der Waals surface area (Å²) in [4.78, 5) is 9.40. The molecule has 2 aromatic heterocycles. The predicted octanol–water partition coefficient (Wildman–Crippen LogP) is 4.06. The van der Waals surface area contributed by atoms with Crippen LogP contribution in [0.15, 0.2) is 54.7 Å². The maximum absolute atomic E-state index is 5.99. The topological polar surface area (TPSA) is 29.2 Å². The Hall–Kier alpha value is -2.44. The lowest BCUT2D eigenvalue weighted by Gasteiger charge is -2.35. The van der Waals surface area contributed by atoms with Crippen LogP contribution in [-0.2, 0) is 19.5 Å². The van der Waals surface area contributed by atoms with Crippen LogP contribution in [0.25, 0.3) is 5.69 Å². The molecule has 1 fully saturated rings. The van der Waals surface area contributed by atoms with Crippen LogP contribution in [0.5, 0.6) is 0 Å². The largest absolute Gasteiger partial charge is 0.354 e. The van der Waals surface area contributed by atoms with E-state index in [0.717, 1.165) is 56.3 Å². The van der Waals surface area contributed by atoms with Gasteiger partial charge in [0.15, 0.2) is 4.77 Å². The third-order valence-electron chi connectivity index (χ3n) is 6.13. The number of aromatic nitrogens is 3. The number of piperazine rings is 1. The van der Waals surface area contributed by atoms with E-state index >= 15 is 0 Å². The van der Waals surface area contributed by atoms with Crippen molar-refractivity contribution in [2.45, 2.75) is 32.4 Å². The first-order valence-corrected chi connectivity index (χ1v) is 11.0. The molecule has 0 amide bonds. The molecule has 1 aliphatic heterocycles. The number of hydrogen-bond acceptors (Lipinski definition) is 4. The Bertz CT molecular complexity index is 1020. The van der Waals surface area contributed by atoms with Gasteiger partial charge in [0.25, 0.3) is 0 Å². The first-order valence-electron chi connectivity index (χ1n) is 10.6. The summed E-state index contributed by atoms with van der Waals surface area (Å²) in [5.74, 6) is 1.08. The SMILES string of the molecule is S=c1n(CN2CCN(c3ccccn3)CC2)c2c(n1-c1ccccc1)CCCC2. The molecule has 0 atom stereocenters. The summed E-state index contributed by atoms with van der Waals surface area (Å²) in [6, 6.07) is 16.7. The van der Waals surface area contributed by atoms with E-state index < -0.39 is 0 Å². The molecule has 150 valence electrons. The van der Waals surface area contributed by atoms with Gasteiger partial charge in [-0.2, -0.15) is 0 Å². The number of nitrogens with zero attached hydrogens (tertiary/aromatic N) is 5. The van der Waals surface area contributed by atoms with E-state index in [1.54, 1.807) is 0 Å². The summed E-state index contributed by atoms with van der Waals surface area (Å²) in [7, 11) is 0. The fourth-order valence-corrected chi connectivity index (χ4v) is 4.99. The molecule has 0 unspecified atom stereocenters. The van der Waals surface area contributed by atoms with E-state index in [2.05, 4.69) is 66.4 Å². The molecule has 0 N–H and O–H groups in total. The number of fused-ring (bicyclic) bond motifs is 1. The molecule has 1 saturated heterocycles. The molecule has 0 bridgehead atoms. The second-order valence-electron chi connectivity index (χ2n) is 7.92. The quantitative estimate of drug-likeness (QED) is 0.612. The molecule has 29 heavy (non-hydrogen) atoms. The molecule has 5 nitrogen and oxygen atoms in total. The third kappa shape index (κ3) is 3.63. The van der Waals surface area contributed by atoms with Gasteiger partial charge in [-0.05, 0) is 62.2 Å². The van der Waals surface area contributed by atoms with Crippen LogP contribution in [-0.4, -0.2) is 45.2 Å². The minimum absolute atomic E-state index is 0.886. The molecule has 2 aliphatic rings. The van der Waals surface area contributed by atoms with Crippen molar-refractivity contribution in [3.8, 4) is 5.69 Å². The summed E-state index contributed by atoms with van der Waals surface area (Å²) in [6.07, 6.45) is 6.63. The van der Waals surface area contributed by atoms with Gasteiger partial charge in [-0.15, -0.1) is 0 Å². The minimum Gasteiger partial charge on any atom is -0.354 e. The lowest BCUT2D eigenvalue weighted by Crippen LogP contribution is -2.47. The van der Waals surface area contributed by atoms with Gasteiger partial charge < -0.3 is 9.47 Å². The van der Waals surface area contributed by atoms with Gasteiger partial charge in [0.2, 0.25) is 0 Å². The van der Waals surface area contributed by atoms with Crippen LogP contribution >= 0.6 is 12.2 Å². The van der Waals surface area contributed by atoms with Crippen LogP contribution in [0.2, 0.25) is 0 Å². The summed E-state index contributed by atoms with van der Waals surface area (Å²) in [5, 5.41) is 0. The van der Waals surface area contributed by atoms with Crippen molar-refractivity contribution in [3.05, 3.63) is 70.9 Å². The summed E-state index contributed by atoms with van der Waals surface area (Å²) in [6.45, 7) is 4.96. The lowest BCUT2D eigenvalue weighted by molar-refractivity contribution is 0.201. The van der Waals surface area contributed by atoms with Crippen LogP contribution in [0, 0.1) is 4.77 Å². The molecule has 6 heteroatoms. The van der Waals surface area contributed by atoms with Crippen molar-refractivity contribution in [2.75, 3.05) is 31.1 Å². The molecule has 0 spiro atoms. The second kappa shape index (κ2) is 8.13. The van der Waals surface area contributed by atoms with E-state index in [-0.39, 0.29) is 0 Å². The molecule has 0 radical (unpaired) electrons. The molecular weight excluding hydrogens is 378 g/mol. The minimum atomic E-state index is 0.886. The molecular formula is C23H27N5S. The maximum Gasteiger partial charge on any atom is 0.186 e. The Morgan fingerprint density at radius 3 is 2.28 bits per heavy atom. The van der Waals surface area contributed by atoms with Gasteiger partial charge in [-0.3, -0.25) is 9.47 Å². The van der Waals surface area contributed by atoms with Crippen molar-refractivity contribution in [3.63, 3.8) is 0 Å². The summed E-state index contributed by atoms with van der Waals surface area (Å²) in [5.41, 5.74) is 4.05. The maximum atomic E-state index is 5.99. The Morgan fingerprint density at radius 1 is 0.828 bits per heavy atom. The molecule has 5 rings (SSSR count). The van der Waals surface area contributed by atoms with Crippen LogP contribution < -0.4 is 4.90 Å². The monoisotopic (exact) mass is 405 g/mol.